The molecule has 4 rings (SSSR count). The maximum Gasteiger partial charge on any atom is 0.416 e. The van der Waals surface area contributed by atoms with Gasteiger partial charge in [-0.3, -0.25) is 0 Å². The van der Waals surface area contributed by atoms with Crippen molar-refractivity contribution in [1.82, 2.24) is 9.97 Å². The first-order chi connectivity index (χ1) is 15.8. The van der Waals surface area contributed by atoms with Crippen LogP contribution < -0.4 is 5.32 Å². The molecule has 1 aromatic heterocycles. The Morgan fingerprint density at radius 2 is 1.68 bits per heavy atom. The van der Waals surface area contributed by atoms with Gasteiger partial charge in [0.2, 0.25) is 0 Å². The predicted molar refractivity (Wildman–Crippen MR) is 111 cm³/mol. The lowest BCUT2D eigenvalue weighted by atomic mass is 10.0. The fourth-order valence-electron chi connectivity index (χ4n) is 3.34. The number of anilines is 1. The molecule has 2 saturated carbocycles. The Kier molecular flexibility index (Phi) is 6.03. The Hall–Kier alpha value is -2.82. The van der Waals surface area contributed by atoms with Gasteiger partial charge in [0.25, 0.3) is 0 Å². The highest BCUT2D eigenvalue weighted by Crippen LogP contribution is 2.44. The van der Waals surface area contributed by atoms with E-state index in [9.17, 15) is 31.1 Å². The topological polar surface area (TPSA) is 64.1 Å². The standard InChI is InChI=1S/C22H18ClF6N3O2/c1-34-19(33)16-15(23)18(31-17(30-16)12-2-3-12)32-20(6-7-20)5-4-11-8-13(21(24,25)26)10-14(9-11)22(27,28)29/h4-5,8-10,12H,2-3,6-7H2,1H3,(H,30,31,32)/b5-4+. The van der Waals surface area contributed by atoms with Gasteiger partial charge in [-0.1, -0.05) is 23.8 Å². The van der Waals surface area contributed by atoms with Gasteiger partial charge in [0, 0.05) is 5.92 Å². The number of carbonyl (C=O) groups is 1. The van der Waals surface area contributed by atoms with E-state index in [0.717, 1.165) is 12.8 Å². The number of rotatable bonds is 6. The van der Waals surface area contributed by atoms with Gasteiger partial charge in [0.05, 0.1) is 23.8 Å². The van der Waals surface area contributed by atoms with Crippen molar-refractivity contribution in [3.63, 3.8) is 0 Å². The summed E-state index contributed by atoms with van der Waals surface area (Å²) < 4.78 is 83.5. The SMILES string of the molecule is COC(=O)c1nc(C2CC2)nc(NC2(/C=C/c3cc(C(F)(F)F)cc(C(F)(F)F)c3)CC2)c1Cl. The van der Waals surface area contributed by atoms with E-state index >= 15 is 0 Å². The first kappa shape index (κ1) is 24.3. The minimum atomic E-state index is -4.93. The summed E-state index contributed by atoms with van der Waals surface area (Å²) in [6, 6.07) is 1.39. The summed E-state index contributed by atoms with van der Waals surface area (Å²) >= 11 is 6.31. The second-order valence-corrected chi connectivity index (χ2v) is 8.69. The molecule has 0 bridgehead atoms. The zero-order valence-electron chi connectivity index (χ0n) is 17.6. The second kappa shape index (κ2) is 8.44. The zero-order chi connectivity index (χ0) is 24.9. The largest absolute Gasteiger partial charge is 0.464 e. The molecule has 34 heavy (non-hydrogen) atoms. The fourth-order valence-corrected chi connectivity index (χ4v) is 3.55. The summed E-state index contributed by atoms with van der Waals surface area (Å²) in [4.78, 5) is 20.7. The third-order valence-corrected chi connectivity index (χ3v) is 5.91. The van der Waals surface area contributed by atoms with Crippen molar-refractivity contribution in [3.05, 3.63) is 57.5 Å². The van der Waals surface area contributed by atoms with Crippen LogP contribution in [0.25, 0.3) is 6.08 Å². The molecule has 1 aromatic carbocycles. The molecule has 12 heteroatoms. The van der Waals surface area contributed by atoms with Crippen molar-refractivity contribution in [2.75, 3.05) is 12.4 Å². The average Bonchev–Trinajstić information content (AvgIpc) is 3.68. The van der Waals surface area contributed by atoms with Gasteiger partial charge in [0.15, 0.2) is 5.69 Å². The summed E-state index contributed by atoms with van der Waals surface area (Å²) in [7, 11) is 1.18. The monoisotopic (exact) mass is 505 g/mol. The molecule has 2 aliphatic carbocycles. The van der Waals surface area contributed by atoms with E-state index in [1.165, 1.54) is 19.3 Å². The molecule has 182 valence electrons. The van der Waals surface area contributed by atoms with E-state index in [1.54, 1.807) is 0 Å². The summed E-state index contributed by atoms with van der Waals surface area (Å²) in [5, 5.41) is 3.00. The molecule has 0 aliphatic heterocycles. The van der Waals surface area contributed by atoms with Crippen molar-refractivity contribution < 1.29 is 35.9 Å². The molecule has 0 amide bonds. The summed E-state index contributed by atoms with van der Waals surface area (Å²) in [6.07, 6.45) is -4.43. The number of alkyl halides is 6. The van der Waals surface area contributed by atoms with Crippen molar-refractivity contribution in [3.8, 4) is 0 Å². The molecule has 0 atom stereocenters. The molecule has 2 fully saturated rings. The van der Waals surface area contributed by atoms with Crippen LogP contribution in [0.3, 0.4) is 0 Å². The molecule has 1 heterocycles. The summed E-state index contributed by atoms with van der Waals surface area (Å²) in [6.45, 7) is 0. The molecule has 1 N–H and O–H groups in total. The van der Waals surface area contributed by atoms with Crippen LogP contribution in [0.2, 0.25) is 5.02 Å². The van der Waals surface area contributed by atoms with Gasteiger partial charge in [-0.05, 0) is 49.4 Å². The Morgan fingerprint density at radius 1 is 1.09 bits per heavy atom. The number of hydrogen-bond donors (Lipinski definition) is 1. The molecular formula is C22H18ClF6N3O2. The molecule has 0 radical (unpaired) electrons. The number of halogens is 7. The van der Waals surface area contributed by atoms with Gasteiger partial charge < -0.3 is 10.1 Å². The van der Waals surface area contributed by atoms with Crippen LogP contribution in [0.4, 0.5) is 32.2 Å². The van der Waals surface area contributed by atoms with Crippen LogP contribution in [-0.2, 0) is 17.1 Å². The lowest BCUT2D eigenvalue weighted by Crippen LogP contribution is -2.21. The number of ether oxygens (including phenoxy) is 1. The maximum atomic E-state index is 13.1. The molecule has 0 unspecified atom stereocenters. The Balaban J connectivity index is 1.65. The van der Waals surface area contributed by atoms with Crippen molar-refractivity contribution in [1.29, 1.82) is 0 Å². The number of methoxy groups -OCH3 is 1. The van der Waals surface area contributed by atoms with E-state index in [4.69, 9.17) is 16.3 Å². The van der Waals surface area contributed by atoms with Crippen LogP contribution in [0, 0.1) is 0 Å². The number of nitrogens with one attached hydrogen (secondary N) is 1. The van der Waals surface area contributed by atoms with Crippen molar-refractivity contribution >= 4 is 29.5 Å². The summed E-state index contributed by atoms with van der Waals surface area (Å²) in [5.74, 6) is -0.0971. The molecule has 2 aliphatic rings. The molecule has 5 nitrogen and oxygen atoms in total. The van der Waals surface area contributed by atoms with E-state index in [2.05, 4.69) is 15.3 Å². The van der Waals surface area contributed by atoms with E-state index in [1.807, 2.05) is 0 Å². The second-order valence-electron chi connectivity index (χ2n) is 8.31. The first-order valence-electron chi connectivity index (χ1n) is 10.2. The zero-order valence-corrected chi connectivity index (χ0v) is 18.4. The van der Waals surface area contributed by atoms with Gasteiger partial charge in [-0.25, -0.2) is 14.8 Å². The number of carbonyl (C=O) groups excluding carboxylic acids is 1. The molecular weight excluding hydrogens is 488 g/mol. The first-order valence-corrected chi connectivity index (χ1v) is 10.6. The number of esters is 1. The van der Waals surface area contributed by atoms with E-state index in [0.29, 0.717) is 30.8 Å². The van der Waals surface area contributed by atoms with Gasteiger partial charge in [0.1, 0.15) is 16.7 Å². The third kappa shape index (κ3) is 5.29. The maximum absolute atomic E-state index is 13.1. The highest BCUT2D eigenvalue weighted by molar-refractivity contribution is 6.35. The van der Waals surface area contributed by atoms with Crippen LogP contribution >= 0.6 is 11.6 Å². The number of benzene rings is 1. The van der Waals surface area contributed by atoms with Crippen LogP contribution in [0.1, 0.15) is 64.6 Å². The highest BCUT2D eigenvalue weighted by Gasteiger charge is 2.42. The number of hydrogen-bond acceptors (Lipinski definition) is 5. The third-order valence-electron chi connectivity index (χ3n) is 5.55. The van der Waals surface area contributed by atoms with Crippen molar-refractivity contribution in [2.45, 2.75) is 49.5 Å². The molecule has 0 saturated heterocycles. The van der Waals surface area contributed by atoms with E-state index < -0.39 is 35.0 Å². The van der Waals surface area contributed by atoms with E-state index in [-0.39, 0.29) is 34.1 Å². The number of nitrogens with zero attached hydrogens (tertiary/aromatic N) is 2. The average molecular weight is 506 g/mol. The smallest absolute Gasteiger partial charge is 0.416 e. The Bertz CT molecular complexity index is 1120. The lowest BCUT2D eigenvalue weighted by molar-refractivity contribution is -0.143. The summed E-state index contributed by atoms with van der Waals surface area (Å²) in [5.41, 5.74) is -3.95. The normalized spacial score (nSPS) is 17.6. The Labute approximate surface area is 195 Å². The van der Waals surface area contributed by atoms with Gasteiger partial charge in [-0.15, -0.1) is 0 Å². The number of aromatic nitrogens is 2. The van der Waals surface area contributed by atoms with Gasteiger partial charge in [-0.2, -0.15) is 26.3 Å². The fraction of sp³-hybridized carbons (Fsp3) is 0.409. The quantitative estimate of drug-likeness (QED) is 0.359. The molecule has 0 spiro atoms. The van der Waals surface area contributed by atoms with Crippen LogP contribution in [-0.4, -0.2) is 28.6 Å². The lowest BCUT2D eigenvalue weighted by Gasteiger charge is -2.17. The minimum Gasteiger partial charge on any atom is -0.464 e. The highest BCUT2D eigenvalue weighted by atomic mass is 35.5. The van der Waals surface area contributed by atoms with Gasteiger partial charge >= 0.3 is 18.3 Å². The molecule has 2 aromatic rings. The van der Waals surface area contributed by atoms with Crippen LogP contribution in [0.5, 0.6) is 0 Å². The van der Waals surface area contributed by atoms with Crippen molar-refractivity contribution in [2.24, 2.45) is 0 Å². The minimum absolute atomic E-state index is 0.0747. The Morgan fingerprint density at radius 3 is 2.15 bits per heavy atom. The predicted octanol–water partition coefficient (Wildman–Crippen LogP) is 6.49. The van der Waals surface area contributed by atoms with Crippen LogP contribution in [0.15, 0.2) is 24.3 Å².